The van der Waals surface area contributed by atoms with E-state index in [1.54, 1.807) is 19.2 Å². The molecule has 2 rings (SSSR count). The summed E-state index contributed by atoms with van der Waals surface area (Å²) in [5.74, 6) is 0.941. The van der Waals surface area contributed by atoms with E-state index in [0.717, 1.165) is 31.6 Å². The van der Waals surface area contributed by atoms with Crippen LogP contribution in [0.3, 0.4) is 0 Å². The van der Waals surface area contributed by atoms with Crippen LogP contribution in [0.4, 0.5) is 4.39 Å². The minimum atomic E-state index is -0.127. The van der Waals surface area contributed by atoms with Crippen molar-refractivity contribution in [3.8, 4) is 0 Å². The van der Waals surface area contributed by atoms with E-state index < -0.39 is 0 Å². The van der Waals surface area contributed by atoms with E-state index in [1.165, 1.54) is 6.07 Å². The number of halogens is 1. The molecule has 0 spiro atoms. The Morgan fingerprint density at radius 2 is 2.22 bits per heavy atom. The average Bonchev–Trinajstić information content (AvgIpc) is 2.27. The molecule has 0 radical (unpaired) electrons. The zero-order valence-electron chi connectivity index (χ0n) is 11.2. The standard InChI is InChI=1S/C15H22FNO/c1-11(10-18-2)9-17-15-7-13(8-15)12-4-3-5-14(16)6-12/h3-6,11,13,15,17H,7-10H2,1-2H3. The maximum Gasteiger partial charge on any atom is 0.123 e. The molecule has 1 fully saturated rings. The van der Waals surface area contributed by atoms with Crippen molar-refractivity contribution in [1.29, 1.82) is 0 Å². The molecule has 0 amide bonds. The predicted molar refractivity (Wildman–Crippen MR) is 71.2 cm³/mol. The molecule has 0 aliphatic heterocycles. The van der Waals surface area contributed by atoms with Crippen LogP contribution < -0.4 is 5.32 Å². The molecule has 0 heterocycles. The van der Waals surface area contributed by atoms with Gasteiger partial charge in [-0.15, -0.1) is 0 Å². The van der Waals surface area contributed by atoms with Gasteiger partial charge in [0.05, 0.1) is 0 Å². The Kier molecular flexibility index (Phi) is 4.72. The molecule has 1 saturated carbocycles. The zero-order chi connectivity index (χ0) is 13.0. The van der Waals surface area contributed by atoms with E-state index in [4.69, 9.17) is 4.74 Å². The quantitative estimate of drug-likeness (QED) is 0.839. The lowest BCUT2D eigenvalue weighted by molar-refractivity contribution is 0.152. The van der Waals surface area contributed by atoms with E-state index in [0.29, 0.717) is 17.9 Å². The van der Waals surface area contributed by atoms with E-state index in [2.05, 4.69) is 12.2 Å². The van der Waals surface area contributed by atoms with Gasteiger partial charge < -0.3 is 10.1 Å². The van der Waals surface area contributed by atoms with Crippen LogP contribution in [0.25, 0.3) is 0 Å². The molecule has 3 heteroatoms. The Hall–Kier alpha value is -0.930. The Morgan fingerprint density at radius 1 is 1.44 bits per heavy atom. The van der Waals surface area contributed by atoms with Gasteiger partial charge in [-0.3, -0.25) is 0 Å². The molecule has 1 aromatic carbocycles. The molecule has 2 nitrogen and oxygen atoms in total. The van der Waals surface area contributed by atoms with Crippen LogP contribution in [0.5, 0.6) is 0 Å². The first-order chi connectivity index (χ1) is 8.69. The fourth-order valence-corrected chi connectivity index (χ4v) is 2.53. The third-order valence-electron chi connectivity index (χ3n) is 3.66. The molecular weight excluding hydrogens is 229 g/mol. The fourth-order valence-electron chi connectivity index (χ4n) is 2.53. The molecule has 1 aromatic rings. The second kappa shape index (κ2) is 6.30. The SMILES string of the molecule is COCC(C)CNC1CC(c2cccc(F)c2)C1. The van der Waals surface area contributed by atoms with Crippen molar-refractivity contribution in [3.63, 3.8) is 0 Å². The van der Waals surface area contributed by atoms with Crippen LogP contribution in [0.2, 0.25) is 0 Å². The molecule has 1 atom stereocenters. The first-order valence-electron chi connectivity index (χ1n) is 6.67. The van der Waals surface area contributed by atoms with Gasteiger partial charge in [-0.25, -0.2) is 4.39 Å². The Bertz CT molecular complexity index is 377. The summed E-state index contributed by atoms with van der Waals surface area (Å²) in [6.45, 7) is 3.97. The van der Waals surface area contributed by atoms with Crippen LogP contribution in [0, 0.1) is 11.7 Å². The van der Waals surface area contributed by atoms with Crippen molar-refractivity contribution in [1.82, 2.24) is 5.32 Å². The normalized spacial score (nSPS) is 24.6. The van der Waals surface area contributed by atoms with E-state index in [1.807, 2.05) is 6.07 Å². The highest BCUT2D eigenvalue weighted by molar-refractivity contribution is 5.23. The lowest BCUT2D eigenvalue weighted by Crippen LogP contribution is -2.42. The molecule has 1 unspecified atom stereocenters. The average molecular weight is 251 g/mol. The first-order valence-corrected chi connectivity index (χ1v) is 6.67. The summed E-state index contributed by atoms with van der Waals surface area (Å²) in [7, 11) is 1.74. The second-order valence-electron chi connectivity index (χ2n) is 5.39. The topological polar surface area (TPSA) is 21.3 Å². The Morgan fingerprint density at radius 3 is 2.89 bits per heavy atom. The monoisotopic (exact) mass is 251 g/mol. The number of ether oxygens (including phenoxy) is 1. The third kappa shape index (κ3) is 3.53. The second-order valence-corrected chi connectivity index (χ2v) is 5.39. The van der Waals surface area contributed by atoms with Crippen LogP contribution in [0.15, 0.2) is 24.3 Å². The van der Waals surface area contributed by atoms with Crippen molar-refractivity contribution in [2.75, 3.05) is 20.3 Å². The summed E-state index contributed by atoms with van der Waals surface area (Å²) in [5.41, 5.74) is 1.14. The molecule has 1 aliphatic rings. The van der Waals surface area contributed by atoms with Crippen molar-refractivity contribution in [2.24, 2.45) is 5.92 Å². The summed E-state index contributed by atoms with van der Waals surface area (Å²) < 4.78 is 18.2. The summed E-state index contributed by atoms with van der Waals surface area (Å²) in [5, 5.41) is 3.54. The van der Waals surface area contributed by atoms with Gasteiger partial charge in [0.15, 0.2) is 0 Å². The summed E-state index contributed by atoms with van der Waals surface area (Å²) in [6.07, 6.45) is 2.23. The van der Waals surface area contributed by atoms with Crippen molar-refractivity contribution >= 4 is 0 Å². The van der Waals surface area contributed by atoms with Crippen molar-refractivity contribution in [3.05, 3.63) is 35.6 Å². The fraction of sp³-hybridized carbons (Fsp3) is 0.600. The number of methoxy groups -OCH3 is 1. The molecule has 0 saturated heterocycles. The van der Waals surface area contributed by atoms with E-state index >= 15 is 0 Å². The minimum Gasteiger partial charge on any atom is -0.384 e. The molecule has 0 bridgehead atoms. The number of hydrogen-bond donors (Lipinski definition) is 1. The highest BCUT2D eigenvalue weighted by Crippen LogP contribution is 2.36. The van der Waals surface area contributed by atoms with Gasteiger partial charge in [-0.1, -0.05) is 19.1 Å². The molecule has 18 heavy (non-hydrogen) atoms. The van der Waals surface area contributed by atoms with Crippen LogP contribution in [-0.4, -0.2) is 26.3 Å². The van der Waals surface area contributed by atoms with Gasteiger partial charge >= 0.3 is 0 Å². The van der Waals surface area contributed by atoms with Gasteiger partial charge in [0.2, 0.25) is 0 Å². The summed E-state index contributed by atoms with van der Waals surface area (Å²) in [4.78, 5) is 0. The van der Waals surface area contributed by atoms with Crippen LogP contribution in [0.1, 0.15) is 31.2 Å². The highest BCUT2D eigenvalue weighted by Gasteiger charge is 2.30. The molecule has 0 aromatic heterocycles. The third-order valence-corrected chi connectivity index (χ3v) is 3.66. The molecule has 1 aliphatic carbocycles. The molecular formula is C15H22FNO. The van der Waals surface area contributed by atoms with Gasteiger partial charge in [0, 0.05) is 26.3 Å². The molecule has 100 valence electrons. The van der Waals surface area contributed by atoms with Gasteiger partial charge in [0.25, 0.3) is 0 Å². The van der Waals surface area contributed by atoms with Crippen LogP contribution in [-0.2, 0) is 4.74 Å². The Balaban J connectivity index is 1.71. The number of hydrogen-bond acceptors (Lipinski definition) is 2. The number of nitrogens with one attached hydrogen (secondary N) is 1. The number of rotatable bonds is 6. The lowest BCUT2D eigenvalue weighted by atomic mass is 9.76. The summed E-state index contributed by atoms with van der Waals surface area (Å²) >= 11 is 0. The highest BCUT2D eigenvalue weighted by atomic mass is 19.1. The lowest BCUT2D eigenvalue weighted by Gasteiger charge is -2.37. The number of benzene rings is 1. The van der Waals surface area contributed by atoms with E-state index in [-0.39, 0.29) is 5.82 Å². The molecule has 1 N–H and O–H groups in total. The van der Waals surface area contributed by atoms with Crippen molar-refractivity contribution in [2.45, 2.75) is 31.7 Å². The smallest absolute Gasteiger partial charge is 0.123 e. The van der Waals surface area contributed by atoms with Crippen LogP contribution >= 0.6 is 0 Å². The van der Waals surface area contributed by atoms with Crippen molar-refractivity contribution < 1.29 is 9.13 Å². The largest absolute Gasteiger partial charge is 0.384 e. The van der Waals surface area contributed by atoms with E-state index in [9.17, 15) is 4.39 Å². The maximum absolute atomic E-state index is 13.1. The maximum atomic E-state index is 13.1. The summed E-state index contributed by atoms with van der Waals surface area (Å²) in [6, 6.07) is 7.57. The van der Waals surface area contributed by atoms with Gasteiger partial charge in [0.1, 0.15) is 5.82 Å². The zero-order valence-corrected chi connectivity index (χ0v) is 11.2. The minimum absolute atomic E-state index is 0.127. The van der Waals surface area contributed by atoms with Gasteiger partial charge in [-0.05, 0) is 42.4 Å². The predicted octanol–water partition coefficient (Wildman–Crippen LogP) is 2.94. The Labute approximate surface area is 109 Å². The first kappa shape index (κ1) is 13.5. The van der Waals surface area contributed by atoms with Gasteiger partial charge in [-0.2, -0.15) is 0 Å².